The summed E-state index contributed by atoms with van der Waals surface area (Å²) in [5, 5.41) is 3.62. The Balaban J connectivity index is 2.25. The van der Waals surface area contributed by atoms with Gasteiger partial charge in [-0.1, -0.05) is 13.8 Å². The van der Waals surface area contributed by atoms with Gasteiger partial charge >= 0.3 is 0 Å². The largest absolute Gasteiger partial charge is 0.383 e. The number of nitrogens with one attached hydrogen (secondary N) is 1. The lowest BCUT2D eigenvalue weighted by atomic mass is 9.92. The number of likely N-dealkylation sites (N-methyl/N-ethyl adjacent to an activating group) is 1. The third-order valence-corrected chi connectivity index (χ3v) is 3.28. The molecule has 1 atom stereocenters. The van der Waals surface area contributed by atoms with E-state index in [0.717, 1.165) is 25.7 Å². The Bertz CT molecular complexity index is 202. The SMILES string of the molecule is COCC(C)N(C)CC(C)(C)CNC1CC1. The first-order valence-corrected chi connectivity index (χ1v) is 6.37. The second kappa shape index (κ2) is 5.99. The van der Waals surface area contributed by atoms with Crippen molar-refractivity contribution >= 4 is 0 Å². The zero-order valence-electron chi connectivity index (χ0n) is 11.5. The van der Waals surface area contributed by atoms with Crippen molar-refractivity contribution in [1.82, 2.24) is 10.2 Å². The summed E-state index contributed by atoms with van der Waals surface area (Å²) in [5.74, 6) is 0. The summed E-state index contributed by atoms with van der Waals surface area (Å²) in [5.41, 5.74) is 0.333. The lowest BCUT2D eigenvalue weighted by Crippen LogP contribution is -2.43. The molecule has 0 radical (unpaired) electrons. The van der Waals surface area contributed by atoms with E-state index in [4.69, 9.17) is 4.74 Å². The Morgan fingerprint density at radius 2 is 2.06 bits per heavy atom. The molecule has 0 spiro atoms. The highest BCUT2D eigenvalue weighted by atomic mass is 16.5. The molecule has 1 fully saturated rings. The van der Waals surface area contributed by atoms with Gasteiger partial charge in [0.2, 0.25) is 0 Å². The summed E-state index contributed by atoms with van der Waals surface area (Å²) in [7, 11) is 3.95. The Morgan fingerprint density at radius 1 is 1.44 bits per heavy atom. The summed E-state index contributed by atoms with van der Waals surface area (Å²) >= 11 is 0. The van der Waals surface area contributed by atoms with E-state index in [0.29, 0.717) is 11.5 Å². The highest BCUT2D eigenvalue weighted by Gasteiger charge is 2.26. The van der Waals surface area contributed by atoms with Gasteiger partial charge in [-0.2, -0.15) is 0 Å². The molecule has 1 unspecified atom stereocenters. The highest BCUT2D eigenvalue weighted by Crippen LogP contribution is 2.22. The smallest absolute Gasteiger partial charge is 0.0615 e. The fourth-order valence-corrected chi connectivity index (χ4v) is 1.96. The van der Waals surface area contributed by atoms with E-state index in [1.807, 2.05) is 0 Å². The molecule has 0 amide bonds. The van der Waals surface area contributed by atoms with Crippen molar-refractivity contribution in [2.24, 2.45) is 5.41 Å². The summed E-state index contributed by atoms with van der Waals surface area (Å²) < 4.78 is 5.19. The van der Waals surface area contributed by atoms with E-state index >= 15 is 0 Å². The van der Waals surface area contributed by atoms with Crippen molar-refractivity contribution in [2.45, 2.75) is 45.7 Å². The van der Waals surface area contributed by atoms with Gasteiger partial charge < -0.3 is 15.0 Å². The number of ether oxygens (including phenoxy) is 1. The average Bonchev–Trinajstić information content (AvgIpc) is 2.98. The van der Waals surface area contributed by atoms with E-state index in [2.05, 4.69) is 38.0 Å². The van der Waals surface area contributed by atoms with Crippen LogP contribution in [-0.2, 0) is 4.74 Å². The Morgan fingerprint density at radius 3 is 2.56 bits per heavy atom. The molecule has 96 valence electrons. The van der Waals surface area contributed by atoms with Gasteiger partial charge in [0.05, 0.1) is 6.61 Å². The minimum atomic E-state index is 0.333. The number of nitrogens with zero attached hydrogens (tertiary/aromatic N) is 1. The summed E-state index contributed by atoms with van der Waals surface area (Å²) in [6.45, 7) is 9.91. The van der Waals surface area contributed by atoms with Crippen LogP contribution in [0.4, 0.5) is 0 Å². The van der Waals surface area contributed by atoms with E-state index in [-0.39, 0.29) is 0 Å². The van der Waals surface area contributed by atoms with Crippen molar-refractivity contribution in [2.75, 3.05) is 33.9 Å². The lowest BCUT2D eigenvalue weighted by molar-refractivity contribution is 0.0899. The molecule has 0 aliphatic heterocycles. The van der Waals surface area contributed by atoms with Gasteiger partial charge in [0.1, 0.15) is 0 Å². The molecular formula is C13H28N2O. The van der Waals surface area contributed by atoms with Crippen LogP contribution in [0.3, 0.4) is 0 Å². The number of rotatable bonds is 8. The zero-order chi connectivity index (χ0) is 12.2. The molecule has 1 saturated carbocycles. The molecule has 1 rings (SSSR count). The van der Waals surface area contributed by atoms with Crippen LogP contribution in [0.15, 0.2) is 0 Å². The summed E-state index contributed by atoms with van der Waals surface area (Å²) in [4.78, 5) is 2.39. The minimum absolute atomic E-state index is 0.333. The Hall–Kier alpha value is -0.120. The van der Waals surface area contributed by atoms with Crippen LogP contribution in [-0.4, -0.2) is 50.8 Å². The topological polar surface area (TPSA) is 24.5 Å². The number of methoxy groups -OCH3 is 1. The maximum Gasteiger partial charge on any atom is 0.0615 e. The van der Waals surface area contributed by atoms with Gasteiger partial charge in [-0.3, -0.25) is 0 Å². The van der Waals surface area contributed by atoms with Crippen molar-refractivity contribution in [3.63, 3.8) is 0 Å². The molecule has 1 aliphatic carbocycles. The third kappa shape index (κ3) is 5.28. The minimum Gasteiger partial charge on any atom is -0.383 e. The molecule has 1 N–H and O–H groups in total. The van der Waals surface area contributed by atoms with Crippen molar-refractivity contribution in [1.29, 1.82) is 0 Å². The molecule has 0 bridgehead atoms. The van der Waals surface area contributed by atoms with E-state index in [1.165, 1.54) is 12.8 Å². The van der Waals surface area contributed by atoms with Crippen LogP contribution >= 0.6 is 0 Å². The molecule has 3 nitrogen and oxygen atoms in total. The molecule has 16 heavy (non-hydrogen) atoms. The van der Waals surface area contributed by atoms with Crippen LogP contribution < -0.4 is 5.32 Å². The molecule has 0 heterocycles. The van der Waals surface area contributed by atoms with Crippen molar-refractivity contribution < 1.29 is 4.74 Å². The van der Waals surface area contributed by atoms with Gasteiger partial charge in [-0.05, 0) is 32.2 Å². The molecule has 0 saturated heterocycles. The normalized spacial score (nSPS) is 19.1. The maximum absolute atomic E-state index is 5.19. The van der Waals surface area contributed by atoms with E-state index in [9.17, 15) is 0 Å². The second-order valence-corrected chi connectivity index (χ2v) is 6.04. The Labute approximate surface area is 101 Å². The second-order valence-electron chi connectivity index (χ2n) is 6.04. The maximum atomic E-state index is 5.19. The molecule has 0 aromatic heterocycles. The van der Waals surface area contributed by atoms with Crippen LogP contribution in [0.25, 0.3) is 0 Å². The summed E-state index contributed by atoms with van der Waals surface area (Å²) in [6, 6.07) is 1.30. The third-order valence-electron chi connectivity index (χ3n) is 3.28. The highest BCUT2D eigenvalue weighted by molar-refractivity contribution is 4.85. The van der Waals surface area contributed by atoms with Gasteiger partial charge in [0, 0.05) is 32.3 Å². The monoisotopic (exact) mass is 228 g/mol. The standard InChI is InChI=1S/C13H28N2O/c1-11(8-16-5)15(4)10-13(2,3)9-14-12-6-7-12/h11-12,14H,6-10H2,1-5H3. The van der Waals surface area contributed by atoms with Crippen molar-refractivity contribution in [3.8, 4) is 0 Å². The zero-order valence-corrected chi connectivity index (χ0v) is 11.5. The quantitative estimate of drug-likeness (QED) is 0.685. The Kier molecular flexibility index (Phi) is 5.22. The van der Waals surface area contributed by atoms with E-state index < -0.39 is 0 Å². The first kappa shape index (κ1) is 13.9. The first-order chi connectivity index (χ1) is 7.44. The van der Waals surface area contributed by atoms with Crippen molar-refractivity contribution in [3.05, 3.63) is 0 Å². The van der Waals surface area contributed by atoms with Crippen LogP contribution in [0.2, 0.25) is 0 Å². The number of hydrogen-bond donors (Lipinski definition) is 1. The first-order valence-electron chi connectivity index (χ1n) is 6.37. The van der Waals surface area contributed by atoms with Crippen LogP contribution in [0, 0.1) is 5.41 Å². The van der Waals surface area contributed by atoms with E-state index in [1.54, 1.807) is 7.11 Å². The fourth-order valence-electron chi connectivity index (χ4n) is 1.96. The van der Waals surface area contributed by atoms with Gasteiger partial charge in [-0.15, -0.1) is 0 Å². The molecule has 1 aliphatic rings. The average molecular weight is 228 g/mol. The lowest BCUT2D eigenvalue weighted by Gasteiger charge is -2.33. The summed E-state index contributed by atoms with van der Waals surface area (Å²) in [6.07, 6.45) is 2.73. The fraction of sp³-hybridized carbons (Fsp3) is 1.00. The molecule has 3 heteroatoms. The van der Waals surface area contributed by atoms with Gasteiger partial charge in [0.15, 0.2) is 0 Å². The van der Waals surface area contributed by atoms with Crippen LogP contribution in [0.1, 0.15) is 33.6 Å². The molecule has 0 aromatic carbocycles. The van der Waals surface area contributed by atoms with Crippen LogP contribution in [0.5, 0.6) is 0 Å². The number of hydrogen-bond acceptors (Lipinski definition) is 3. The van der Waals surface area contributed by atoms with Gasteiger partial charge in [0.25, 0.3) is 0 Å². The van der Waals surface area contributed by atoms with Gasteiger partial charge in [-0.25, -0.2) is 0 Å². The predicted octanol–water partition coefficient (Wildman–Crippen LogP) is 1.73. The molecular weight excluding hydrogens is 200 g/mol. The predicted molar refractivity (Wildman–Crippen MR) is 68.8 cm³/mol. The molecule has 0 aromatic rings.